The van der Waals surface area contributed by atoms with Crippen molar-refractivity contribution < 1.29 is 4.39 Å². The maximum atomic E-state index is 13.9. The molecule has 0 unspecified atom stereocenters. The minimum absolute atomic E-state index is 0.249. The highest BCUT2D eigenvalue weighted by Crippen LogP contribution is 2.16. The number of aryl methyl sites for hydroxylation is 2. The Labute approximate surface area is 119 Å². The van der Waals surface area contributed by atoms with Crippen LogP contribution in [0.4, 0.5) is 10.2 Å². The molecule has 0 saturated heterocycles. The van der Waals surface area contributed by atoms with Gasteiger partial charge in [0.1, 0.15) is 10.9 Å². The molecule has 0 bridgehead atoms. The van der Waals surface area contributed by atoms with Crippen LogP contribution in [0.25, 0.3) is 0 Å². The minimum atomic E-state index is -0.370. The molecule has 0 aliphatic rings. The Bertz CT molecular complexity index is 569. The first-order valence-corrected chi connectivity index (χ1v) is 6.81. The first kappa shape index (κ1) is 13.9. The van der Waals surface area contributed by atoms with E-state index in [1.54, 1.807) is 6.33 Å². The van der Waals surface area contributed by atoms with Crippen LogP contribution >= 0.6 is 15.9 Å². The molecule has 0 aliphatic heterocycles. The van der Waals surface area contributed by atoms with Crippen LogP contribution in [-0.2, 0) is 19.9 Å². The lowest BCUT2D eigenvalue weighted by atomic mass is 10.3. The molecule has 7 heteroatoms. The van der Waals surface area contributed by atoms with Gasteiger partial charge in [-0.3, -0.25) is 0 Å². The van der Waals surface area contributed by atoms with Crippen LogP contribution in [-0.4, -0.2) is 26.1 Å². The number of nitrogens with zero attached hydrogens (tertiary/aromatic N) is 4. The quantitative estimate of drug-likeness (QED) is 0.915. The van der Waals surface area contributed by atoms with E-state index in [0.717, 1.165) is 10.3 Å². The van der Waals surface area contributed by atoms with Crippen LogP contribution in [0.1, 0.15) is 18.3 Å². The lowest BCUT2D eigenvalue weighted by Gasteiger charge is -2.07. The number of aromatic nitrogens is 4. The maximum Gasteiger partial charge on any atom is 0.186 e. The predicted octanol–water partition coefficient (Wildman–Crippen LogP) is 2.33. The second-order valence-corrected chi connectivity index (χ2v) is 4.86. The van der Waals surface area contributed by atoms with E-state index in [1.165, 1.54) is 6.33 Å². The van der Waals surface area contributed by atoms with Gasteiger partial charge in [0.15, 0.2) is 11.6 Å². The molecule has 102 valence electrons. The zero-order valence-electron chi connectivity index (χ0n) is 10.8. The molecular weight excluding hydrogens is 313 g/mol. The van der Waals surface area contributed by atoms with Gasteiger partial charge in [-0.15, -0.1) is 0 Å². The molecule has 2 heterocycles. The summed E-state index contributed by atoms with van der Waals surface area (Å²) in [5.41, 5.74) is 1.36. The van der Waals surface area contributed by atoms with Crippen LogP contribution in [0.15, 0.2) is 17.3 Å². The third-order valence-corrected chi connectivity index (χ3v) is 3.80. The molecule has 0 fully saturated rings. The molecule has 2 aromatic heterocycles. The van der Waals surface area contributed by atoms with Crippen molar-refractivity contribution in [2.24, 2.45) is 7.05 Å². The van der Waals surface area contributed by atoms with E-state index in [1.807, 2.05) is 18.5 Å². The summed E-state index contributed by atoms with van der Waals surface area (Å²) in [5, 5.41) is 2.98. The van der Waals surface area contributed by atoms with Gasteiger partial charge in [-0.2, -0.15) is 0 Å². The molecule has 5 nitrogen and oxygen atoms in total. The second-order valence-electron chi connectivity index (χ2n) is 4.11. The molecule has 19 heavy (non-hydrogen) atoms. The zero-order valence-corrected chi connectivity index (χ0v) is 12.4. The number of hydrogen-bond donors (Lipinski definition) is 1. The lowest BCUT2D eigenvalue weighted by molar-refractivity contribution is 0.596. The molecule has 0 radical (unpaired) electrons. The fraction of sp³-hybridized carbons (Fsp3) is 0.417. The van der Waals surface area contributed by atoms with Gasteiger partial charge in [-0.05, 0) is 22.4 Å². The van der Waals surface area contributed by atoms with E-state index >= 15 is 0 Å². The summed E-state index contributed by atoms with van der Waals surface area (Å²) in [4.78, 5) is 12.1. The van der Waals surface area contributed by atoms with Crippen molar-refractivity contribution in [2.75, 3.05) is 11.9 Å². The van der Waals surface area contributed by atoms with Crippen LogP contribution in [0.3, 0.4) is 0 Å². The molecule has 2 rings (SSSR count). The smallest absolute Gasteiger partial charge is 0.186 e. The zero-order chi connectivity index (χ0) is 13.8. The monoisotopic (exact) mass is 327 g/mol. The summed E-state index contributed by atoms with van der Waals surface area (Å²) in [6.07, 6.45) is 4.35. The van der Waals surface area contributed by atoms with Crippen molar-refractivity contribution in [3.05, 3.63) is 34.5 Å². The first-order chi connectivity index (χ1) is 9.13. The molecule has 0 amide bonds. The fourth-order valence-corrected chi connectivity index (χ4v) is 2.10. The summed E-state index contributed by atoms with van der Waals surface area (Å²) < 4.78 is 16.7. The largest absolute Gasteiger partial charge is 0.367 e. The van der Waals surface area contributed by atoms with E-state index in [4.69, 9.17) is 0 Å². The fourth-order valence-electron chi connectivity index (χ4n) is 1.71. The van der Waals surface area contributed by atoms with Gasteiger partial charge in [0, 0.05) is 20.0 Å². The van der Waals surface area contributed by atoms with Crippen LogP contribution in [0, 0.1) is 5.82 Å². The van der Waals surface area contributed by atoms with Crippen LogP contribution in [0.5, 0.6) is 0 Å². The summed E-state index contributed by atoms with van der Waals surface area (Å²) in [6.45, 7) is 2.42. The van der Waals surface area contributed by atoms with Gasteiger partial charge in [0.25, 0.3) is 0 Å². The van der Waals surface area contributed by atoms with Crippen molar-refractivity contribution in [3.63, 3.8) is 0 Å². The lowest BCUT2D eigenvalue weighted by Crippen LogP contribution is -2.10. The Balaban J connectivity index is 1.98. The third kappa shape index (κ3) is 3.09. The molecule has 2 aromatic rings. The summed E-state index contributed by atoms with van der Waals surface area (Å²) in [7, 11) is 1.91. The number of anilines is 1. The van der Waals surface area contributed by atoms with Crippen LogP contribution in [0.2, 0.25) is 0 Å². The van der Waals surface area contributed by atoms with E-state index in [0.29, 0.717) is 25.1 Å². The summed E-state index contributed by atoms with van der Waals surface area (Å²) in [5.74, 6) is -0.121. The van der Waals surface area contributed by atoms with Crippen molar-refractivity contribution in [1.29, 1.82) is 0 Å². The molecule has 0 atom stereocenters. The Kier molecular flexibility index (Phi) is 4.47. The molecule has 1 N–H and O–H groups in total. The van der Waals surface area contributed by atoms with Gasteiger partial charge in [-0.1, -0.05) is 6.92 Å². The number of halogens is 2. The van der Waals surface area contributed by atoms with Crippen molar-refractivity contribution in [3.8, 4) is 0 Å². The average molecular weight is 328 g/mol. The Morgan fingerprint density at radius 3 is 2.74 bits per heavy atom. The highest BCUT2D eigenvalue weighted by molar-refractivity contribution is 9.10. The summed E-state index contributed by atoms with van der Waals surface area (Å²) >= 11 is 3.45. The number of rotatable bonds is 5. The van der Waals surface area contributed by atoms with Crippen molar-refractivity contribution >= 4 is 21.7 Å². The molecule has 0 saturated carbocycles. The van der Waals surface area contributed by atoms with E-state index < -0.39 is 0 Å². The predicted molar refractivity (Wildman–Crippen MR) is 74.5 cm³/mol. The van der Waals surface area contributed by atoms with Gasteiger partial charge < -0.3 is 9.88 Å². The summed E-state index contributed by atoms with van der Waals surface area (Å²) in [6, 6.07) is 0. The van der Waals surface area contributed by atoms with E-state index in [-0.39, 0.29) is 11.6 Å². The topological polar surface area (TPSA) is 55.6 Å². The van der Waals surface area contributed by atoms with Gasteiger partial charge in [0.05, 0.1) is 17.7 Å². The van der Waals surface area contributed by atoms with Gasteiger partial charge in [0.2, 0.25) is 0 Å². The molecular formula is C12H15BrFN5. The van der Waals surface area contributed by atoms with Gasteiger partial charge in [-0.25, -0.2) is 19.3 Å². The molecule has 0 aromatic carbocycles. The Morgan fingerprint density at radius 2 is 2.11 bits per heavy atom. The number of imidazole rings is 1. The normalized spacial score (nSPS) is 10.7. The maximum absolute atomic E-state index is 13.9. The minimum Gasteiger partial charge on any atom is -0.367 e. The molecule has 0 spiro atoms. The second kappa shape index (κ2) is 6.10. The molecule has 0 aliphatic carbocycles. The van der Waals surface area contributed by atoms with E-state index in [9.17, 15) is 4.39 Å². The van der Waals surface area contributed by atoms with Crippen LogP contribution < -0.4 is 5.32 Å². The third-order valence-electron chi connectivity index (χ3n) is 2.79. The van der Waals surface area contributed by atoms with Crippen molar-refractivity contribution in [1.82, 2.24) is 19.5 Å². The average Bonchev–Trinajstić information content (AvgIpc) is 2.72. The number of nitrogens with one attached hydrogen (secondary N) is 1. The van der Waals surface area contributed by atoms with Crippen molar-refractivity contribution in [2.45, 2.75) is 19.8 Å². The standard InChI is InChI=1S/C12H15BrFN5/c1-3-8-10(14)12(17-6-16-8)15-5-4-9-11(13)19(2)7-18-9/h6-7H,3-5H2,1-2H3,(H,15,16,17). The Hall–Kier alpha value is -1.50. The first-order valence-electron chi connectivity index (χ1n) is 6.02. The Morgan fingerprint density at radius 1 is 1.32 bits per heavy atom. The highest BCUT2D eigenvalue weighted by Gasteiger charge is 2.10. The van der Waals surface area contributed by atoms with Gasteiger partial charge >= 0.3 is 0 Å². The number of hydrogen-bond acceptors (Lipinski definition) is 4. The SMILES string of the molecule is CCc1ncnc(NCCc2ncn(C)c2Br)c1F. The highest BCUT2D eigenvalue weighted by atomic mass is 79.9. The van der Waals surface area contributed by atoms with E-state index in [2.05, 4.69) is 36.2 Å².